The van der Waals surface area contributed by atoms with Crippen molar-refractivity contribution in [3.05, 3.63) is 52.7 Å². The smallest absolute Gasteiger partial charge is 0.330 e. The average Bonchev–Trinajstić information content (AvgIpc) is 2.54. The van der Waals surface area contributed by atoms with E-state index in [1.54, 1.807) is 0 Å². The number of fused-ring (bicyclic) bond motifs is 1. The lowest BCUT2D eigenvalue weighted by atomic mass is 10.1. The van der Waals surface area contributed by atoms with Crippen LogP contribution in [0.15, 0.2) is 46.5 Å². The fraction of sp³-hybridized carbons (Fsp3) is 0.200. The largest absolute Gasteiger partial charge is 0.416 e. The van der Waals surface area contributed by atoms with E-state index in [2.05, 4.69) is 9.71 Å². The first kappa shape index (κ1) is 18.5. The van der Waals surface area contributed by atoms with E-state index in [-0.39, 0.29) is 34.4 Å². The van der Waals surface area contributed by atoms with E-state index in [9.17, 15) is 26.4 Å². The minimum Gasteiger partial charge on any atom is -0.330 e. The molecule has 0 aliphatic carbocycles. The maximum atomic E-state index is 12.6. The summed E-state index contributed by atoms with van der Waals surface area (Å²) < 4.78 is 64.4. The van der Waals surface area contributed by atoms with Gasteiger partial charge in [-0.3, -0.25) is 4.79 Å². The van der Waals surface area contributed by atoms with Crippen molar-refractivity contribution in [1.29, 1.82) is 0 Å². The third-order valence-electron chi connectivity index (χ3n) is 3.63. The molecule has 0 atom stereocenters. The van der Waals surface area contributed by atoms with Gasteiger partial charge in [-0.05, 0) is 30.4 Å². The number of carbonyl (C=O) groups is 1. The first-order valence-corrected chi connectivity index (χ1v) is 9.21. The number of rotatable bonds is 2. The highest BCUT2D eigenvalue weighted by molar-refractivity contribution is 7.90. The van der Waals surface area contributed by atoms with Crippen LogP contribution in [0.1, 0.15) is 5.56 Å². The predicted molar refractivity (Wildman–Crippen MR) is 90.2 cm³/mol. The normalized spacial score (nSPS) is 18.7. The van der Waals surface area contributed by atoms with Gasteiger partial charge in [0.05, 0.1) is 27.6 Å². The van der Waals surface area contributed by atoms with Crippen LogP contribution in [0.4, 0.5) is 18.9 Å². The fourth-order valence-electron chi connectivity index (χ4n) is 2.32. The maximum Gasteiger partial charge on any atom is 0.416 e. The number of nitrogens with one attached hydrogen (secondary N) is 1. The topological polar surface area (TPSA) is 78.8 Å². The van der Waals surface area contributed by atoms with Gasteiger partial charge in [0.15, 0.2) is 0 Å². The molecule has 0 fully saturated rings. The highest BCUT2D eigenvalue weighted by atomic mass is 35.5. The number of hydrogen-bond acceptors (Lipinski definition) is 4. The highest BCUT2D eigenvalue weighted by Gasteiger charge is 2.31. The summed E-state index contributed by atoms with van der Waals surface area (Å²) in [5.41, 5.74) is -0.716. The molecule has 3 rings (SSSR count). The lowest BCUT2D eigenvalue weighted by Gasteiger charge is -2.27. The summed E-state index contributed by atoms with van der Waals surface area (Å²) in [7, 11) is -3.51. The minimum atomic E-state index is -4.54. The van der Waals surface area contributed by atoms with Crippen molar-refractivity contribution in [2.24, 2.45) is 4.40 Å². The van der Waals surface area contributed by atoms with E-state index in [0.717, 1.165) is 18.2 Å². The summed E-state index contributed by atoms with van der Waals surface area (Å²) in [6.07, 6.45) is -0.380. The molecule has 2 heterocycles. The lowest BCUT2D eigenvalue weighted by molar-refractivity contribution is -0.137. The second-order valence-electron chi connectivity index (χ2n) is 5.49. The first-order chi connectivity index (χ1) is 12.0. The molecular weight excluding hydrogens is 395 g/mol. The van der Waals surface area contributed by atoms with Crippen molar-refractivity contribution in [2.75, 3.05) is 17.6 Å². The van der Waals surface area contributed by atoms with Gasteiger partial charge < -0.3 is 10.2 Å². The van der Waals surface area contributed by atoms with Gasteiger partial charge in [-0.2, -0.15) is 13.2 Å². The van der Waals surface area contributed by atoms with Gasteiger partial charge in [-0.25, -0.2) is 8.42 Å². The SMILES string of the molecule is O=C(Nc1ccc(C(F)(F)F)cc1Cl)C1=CN2CCS(=O)(=O)N=C2C=C1. The molecule has 2 aliphatic rings. The van der Waals surface area contributed by atoms with Crippen LogP contribution < -0.4 is 5.32 Å². The van der Waals surface area contributed by atoms with Crippen LogP contribution in [-0.2, 0) is 21.0 Å². The molecule has 1 amide bonds. The fourth-order valence-corrected chi connectivity index (χ4v) is 3.52. The second-order valence-corrected chi connectivity index (χ2v) is 7.66. The molecule has 1 aromatic carbocycles. The van der Waals surface area contributed by atoms with Gasteiger partial charge in [-0.1, -0.05) is 11.6 Å². The van der Waals surface area contributed by atoms with Crippen molar-refractivity contribution >= 4 is 39.1 Å². The van der Waals surface area contributed by atoms with Crippen molar-refractivity contribution in [3.8, 4) is 0 Å². The zero-order valence-corrected chi connectivity index (χ0v) is 14.5. The Morgan fingerprint density at radius 1 is 1.27 bits per heavy atom. The number of amides is 1. The van der Waals surface area contributed by atoms with E-state index in [4.69, 9.17) is 11.6 Å². The number of anilines is 1. The van der Waals surface area contributed by atoms with Crippen molar-refractivity contribution in [2.45, 2.75) is 6.18 Å². The Labute approximate surface area is 151 Å². The van der Waals surface area contributed by atoms with E-state index in [1.165, 1.54) is 23.3 Å². The van der Waals surface area contributed by atoms with E-state index in [1.807, 2.05) is 0 Å². The Hall–Kier alpha value is -2.33. The Morgan fingerprint density at radius 3 is 2.65 bits per heavy atom. The molecule has 6 nitrogen and oxygen atoms in total. The maximum absolute atomic E-state index is 12.6. The molecule has 0 bridgehead atoms. The molecule has 1 aromatic rings. The van der Waals surface area contributed by atoms with Gasteiger partial charge in [-0.15, -0.1) is 4.40 Å². The van der Waals surface area contributed by atoms with Gasteiger partial charge in [0, 0.05) is 12.7 Å². The zero-order valence-electron chi connectivity index (χ0n) is 12.9. The second kappa shape index (κ2) is 6.44. The minimum absolute atomic E-state index is 0.0275. The third kappa shape index (κ3) is 3.91. The predicted octanol–water partition coefficient (Wildman–Crippen LogP) is 2.79. The Bertz CT molecular complexity index is 968. The van der Waals surface area contributed by atoms with Gasteiger partial charge in [0.25, 0.3) is 15.9 Å². The molecule has 11 heteroatoms. The number of alkyl halides is 3. The van der Waals surface area contributed by atoms with Crippen LogP contribution in [0.5, 0.6) is 0 Å². The van der Waals surface area contributed by atoms with Gasteiger partial charge in [0.1, 0.15) is 5.84 Å². The van der Waals surface area contributed by atoms with Crippen LogP contribution in [0.2, 0.25) is 5.02 Å². The quantitative estimate of drug-likeness (QED) is 0.820. The lowest BCUT2D eigenvalue weighted by Crippen LogP contribution is -2.37. The molecule has 0 spiro atoms. The van der Waals surface area contributed by atoms with Crippen LogP contribution >= 0.6 is 11.6 Å². The molecule has 26 heavy (non-hydrogen) atoms. The van der Waals surface area contributed by atoms with Gasteiger partial charge >= 0.3 is 6.18 Å². The number of sulfonamides is 1. The molecular formula is C15H11ClF3N3O3S. The van der Waals surface area contributed by atoms with E-state index in [0.29, 0.717) is 0 Å². The van der Waals surface area contributed by atoms with Crippen molar-refractivity contribution in [1.82, 2.24) is 4.90 Å². The standard InChI is InChI=1S/C15H11ClF3N3O3S/c16-11-7-10(15(17,18)19)2-3-12(11)20-14(23)9-1-4-13-21-26(24,25)6-5-22(13)8-9/h1-4,7-8H,5-6H2,(H,20,23). The molecule has 0 unspecified atom stereocenters. The van der Waals surface area contributed by atoms with E-state index >= 15 is 0 Å². The van der Waals surface area contributed by atoms with Gasteiger partial charge in [0.2, 0.25) is 0 Å². The molecule has 0 saturated carbocycles. The number of carbonyl (C=O) groups excluding carboxylic acids is 1. The average molecular weight is 406 g/mol. The summed E-state index contributed by atoms with van der Waals surface area (Å²) in [5.74, 6) is -0.587. The number of amidine groups is 1. The van der Waals surface area contributed by atoms with Crippen molar-refractivity contribution < 1.29 is 26.4 Å². The summed E-state index contributed by atoms with van der Waals surface area (Å²) in [4.78, 5) is 13.8. The Kier molecular flexibility index (Phi) is 4.57. The first-order valence-electron chi connectivity index (χ1n) is 7.22. The Balaban J connectivity index is 1.78. The number of benzene rings is 1. The van der Waals surface area contributed by atoms with Crippen molar-refractivity contribution in [3.63, 3.8) is 0 Å². The number of halogens is 4. The van der Waals surface area contributed by atoms with Crippen LogP contribution in [0.3, 0.4) is 0 Å². The van der Waals surface area contributed by atoms with Crippen LogP contribution in [-0.4, -0.2) is 37.4 Å². The Morgan fingerprint density at radius 2 is 2.00 bits per heavy atom. The number of hydrogen-bond donors (Lipinski definition) is 1. The molecule has 0 radical (unpaired) electrons. The molecule has 1 N–H and O–H groups in total. The summed E-state index contributed by atoms with van der Waals surface area (Å²) in [6, 6.07) is 2.60. The molecule has 2 aliphatic heterocycles. The molecule has 0 aromatic heterocycles. The third-order valence-corrected chi connectivity index (χ3v) is 5.11. The van der Waals surface area contributed by atoms with Crippen LogP contribution in [0.25, 0.3) is 0 Å². The highest BCUT2D eigenvalue weighted by Crippen LogP contribution is 2.34. The summed E-state index contributed by atoms with van der Waals surface area (Å²) in [6.45, 7) is 0.142. The number of nitrogens with zero attached hydrogens (tertiary/aromatic N) is 2. The van der Waals surface area contributed by atoms with E-state index < -0.39 is 27.7 Å². The zero-order chi connectivity index (χ0) is 19.1. The molecule has 0 saturated heterocycles. The molecule has 138 valence electrons. The summed E-state index contributed by atoms with van der Waals surface area (Å²) in [5, 5.41) is 2.18. The summed E-state index contributed by atoms with van der Waals surface area (Å²) >= 11 is 5.81. The van der Waals surface area contributed by atoms with Crippen LogP contribution in [0, 0.1) is 0 Å². The monoisotopic (exact) mass is 405 g/mol.